The summed E-state index contributed by atoms with van der Waals surface area (Å²) in [6.45, 7) is 5.15. The highest BCUT2D eigenvalue weighted by Gasteiger charge is 2.19. The molecule has 6 heteroatoms. The van der Waals surface area contributed by atoms with E-state index in [1.807, 2.05) is 29.2 Å². The summed E-state index contributed by atoms with van der Waals surface area (Å²) in [6, 6.07) is 7.86. The fraction of sp³-hybridized carbons (Fsp3) is 0.562. The molecular weight excluding hydrogens is 304 g/mol. The van der Waals surface area contributed by atoms with Gasteiger partial charge in [0.1, 0.15) is 11.5 Å². The molecule has 0 saturated carbocycles. The topological polar surface area (TPSA) is 50.8 Å². The Morgan fingerprint density at radius 1 is 1.32 bits per heavy atom. The van der Waals surface area contributed by atoms with Gasteiger partial charge in [-0.3, -0.25) is 4.79 Å². The van der Waals surface area contributed by atoms with Crippen LogP contribution in [0, 0.1) is 0 Å². The molecule has 1 N–H and O–H groups in total. The number of amides is 1. The van der Waals surface area contributed by atoms with Gasteiger partial charge < -0.3 is 19.7 Å². The number of nitrogens with one attached hydrogen (secondary N) is 1. The number of ether oxygens (including phenoxy) is 2. The molecule has 0 radical (unpaired) electrons. The van der Waals surface area contributed by atoms with Gasteiger partial charge in [-0.1, -0.05) is 0 Å². The van der Waals surface area contributed by atoms with Crippen LogP contribution >= 0.6 is 12.4 Å². The monoisotopic (exact) mass is 328 g/mol. The predicted octanol–water partition coefficient (Wildman–Crippen LogP) is 2.10. The van der Waals surface area contributed by atoms with E-state index in [2.05, 4.69) is 12.2 Å². The summed E-state index contributed by atoms with van der Waals surface area (Å²) in [5, 5.41) is 3.34. The first-order valence-electron chi connectivity index (χ1n) is 7.47. The molecule has 1 heterocycles. The third-order valence-electron chi connectivity index (χ3n) is 3.58. The number of piperazine rings is 1. The van der Waals surface area contributed by atoms with E-state index in [0.717, 1.165) is 37.6 Å². The average Bonchev–Trinajstić information content (AvgIpc) is 2.52. The molecule has 0 aliphatic carbocycles. The molecule has 0 bridgehead atoms. The van der Waals surface area contributed by atoms with Crippen molar-refractivity contribution in [1.29, 1.82) is 0 Å². The maximum absolute atomic E-state index is 12.1. The van der Waals surface area contributed by atoms with Gasteiger partial charge in [0.2, 0.25) is 5.91 Å². The minimum Gasteiger partial charge on any atom is -0.497 e. The van der Waals surface area contributed by atoms with Gasteiger partial charge >= 0.3 is 0 Å². The smallest absolute Gasteiger partial charge is 0.222 e. The van der Waals surface area contributed by atoms with E-state index in [0.29, 0.717) is 19.1 Å². The Labute approximate surface area is 138 Å². The summed E-state index contributed by atoms with van der Waals surface area (Å²) in [4.78, 5) is 14.0. The van der Waals surface area contributed by atoms with E-state index in [1.165, 1.54) is 0 Å². The first kappa shape index (κ1) is 18.6. The lowest BCUT2D eigenvalue weighted by Gasteiger charge is -2.32. The number of carbonyl (C=O) groups is 1. The van der Waals surface area contributed by atoms with Gasteiger partial charge in [0.25, 0.3) is 0 Å². The molecule has 1 atom stereocenters. The number of hydrogen-bond acceptors (Lipinski definition) is 4. The second kappa shape index (κ2) is 9.54. The Bertz CT molecular complexity index is 453. The van der Waals surface area contributed by atoms with Crippen molar-refractivity contribution in [2.45, 2.75) is 25.8 Å². The van der Waals surface area contributed by atoms with Crippen molar-refractivity contribution in [3.63, 3.8) is 0 Å². The first-order chi connectivity index (χ1) is 10.2. The molecule has 1 aromatic rings. The second-order valence-corrected chi connectivity index (χ2v) is 5.32. The molecule has 1 saturated heterocycles. The van der Waals surface area contributed by atoms with E-state index < -0.39 is 0 Å². The highest BCUT2D eigenvalue weighted by Crippen LogP contribution is 2.17. The maximum atomic E-state index is 12.1. The zero-order valence-electron chi connectivity index (χ0n) is 13.2. The van der Waals surface area contributed by atoms with Crippen LogP contribution in [0.1, 0.15) is 19.8 Å². The highest BCUT2D eigenvalue weighted by molar-refractivity contribution is 5.85. The first-order valence-corrected chi connectivity index (χ1v) is 7.47. The summed E-state index contributed by atoms with van der Waals surface area (Å²) >= 11 is 0. The van der Waals surface area contributed by atoms with Crippen LogP contribution in [-0.4, -0.2) is 50.2 Å². The van der Waals surface area contributed by atoms with E-state index in [1.54, 1.807) is 7.11 Å². The van der Waals surface area contributed by atoms with Crippen molar-refractivity contribution in [2.24, 2.45) is 0 Å². The van der Waals surface area contributed by atoms with Crippen LogP contribution in [0.25, 0.3) is 0 Å². The Morgan fingerprint density at radius 3 is 2.64 bits per heavy atom. The lowest BCUT2D eigenvalue weighted by atomic mass is 10.2. The summed E-state index contributed by atoms with van der Waals surface area (Å²) in [5.74, 6) is 1.84. The minimum atomic E-state index is 0. The lowest BCUT2D eigenvalue weighted by Crippen LogP contribution is -2.51. The zero-order chi connectivity index (χ0) is 15.1. The largest absolute Gasteiger partial charge is 0.497 e. The fourth-order valence-corrected chi connectivity index (χ4v) is 2.40. The number of nitrogens with zero attached hydrogens (tertiary/aromatic N) is 1. The van der Waals surface area contributed by atoms with E-state index >= 15 is 0 Å². The van der Waals surface area contributed by atoms with Crippen LogP contribution in [0.2, 0.25) is 0 Å². The average molecular weight is 329 g/mol. The molecule has 1 unspecified atom stereocenters. The number of benzene rings is 1. The number of carbonyl (C=O) groups excluding carboxylic acids is 1. The fourth-order valence-electron chi connectivity index (χ4n) is 2.40. The van der Waals surface area contributed by atoms with Gasteiger partial charge in [0, 0.05) is 32.1 Å². The van der Waals surface area contributed by atoms with Crippen molar-refractivity contribution < 1.29 is 14.3 Å². The molecule has 1 aromatic carbocycles. The lowest BCUT2D eigenvalue weighted by molar-refractivity contribution is -0.132. The van der Waals surface area contributed by atoms with E-state index in [-0.39, 0.29) is 18.3 Å². The summed E-state index contributed by atoms with van der Waals surface area (Å²) < 4.78 is 10.7. The quantitative estimate of drug-likeness (QED) is 0.812. The van der Waals surface area contributed by atoms with Gasteiger partial charge in [-0.2, -0.15) is 0 Å². The van der Waals surface area contributed by atoms with Gasteiger partial charge in [-0.05, 0) is 37.6 Å². The highest BCUT2D eigenvalue weighted by atomic mass is 35.5. The van der Waals surface area contributed by atoms with Gasteiger partial charge in [0.15, 0.2) is 0 Å². The van der Waals surface area contributed by atoms with Crippen molar-refractivity contribution in [3.05, 3.63) is 24.3 Å². The minimum absolute atomic E-state index is 0. The van der Waals surface area contributed by atoms with Crippen molar-refractivity contribution in [3.8, 4) is 11.5 Å². The van der Waals surface area contributed by atoms with Gasteiger partial charge in [0.05, 0.1) is 13.7 Å². The van der Waals surface area contributed by atoms with Crippen LogP contribution in [0.5, 0.6) is 11.5 Å². The Balaban J connectivity index is 0.00000242. The van der Waals surface area contributed by atoms with Crippen molar-refractivity contribution >= 4 is 18.3 Å². The number of methoxy groups -OCH3 is 1. The third-order valence-corrected chi connectivity index (χ3v) is 3.58. The van der Waals surface area contributed by atoms with E-state index in [9.17, 15) is 4.79 Å². The number of hydrogen-bond donors (Lipinski definition) is 1. The molecule has 0 spiro atoms. The van der Waals surface area contributed by atoms with Crippen molar-refractivity contribution in [2.75, 3.05) is 33.4 Å². The number of halogens is 1. The Morgan fingerprint density at radius 2 is 2.00 bits per heavy atom. The molecule has 124 valence electrons. The van der Waals surface area contributed by atoms with Crippen molar-refractivity contribution in [1.82, 2.24) is 10.2 Å². The predicted molar refractivity (Wildman–Crippen MR) is 89.0 cm³/mol. The van der Waals surface area contributed by atoms with Gasteiger partial charge in [-0.25, -0.2) is 0 Å². The summed E-state index contributed by atoms with van der Waals surface area (Å²) in [7, 11) is 1.64. The SMILES string of the molecule is COc1ccc(OCCCC(=O)N2CCNC(C)C2)cc1.Cl. The summed E-state index contributed by atoms with van der Waals surface area (Å²) in [5.41, 5.74) is 0. The zero-order valence-corrected chi connectivity index (χ0v) is 14.0. The Kier molecular flexibility index (Phi) is 8.06. The summed E-state index contributed by atoms with van der Waals surface area (Å²) in [6.07, 6.45) is 1.28. The molecule has 1 amide bonds. The molecule has 5 nitrogen and oxygen atoms in total. The molecule has 1 fully saturated rings. The molecule has 1 aliphatic heterocycles. The normalized spacial score (nSPS) is 17.5. The standard InChI is InChI=1S/C16H24N2O3.ClH/c1-13-12-18(10-9-17-13)16(19)4-3-11-21-15-7-5-14(20-2)6-8-15;/h5-8,13,17H,3-4,9-12H2,1-2H3;1H. The molecule has 0 aromatic heterocycles. The van der Waals surface area contributed by atoms with Crippen LogP contribution in [-0.2, 0) is 4.79 Å². The number of rotatable bonds is 6. The van der Waals surface area contributed by atoms with E-state index in [4.69, 9.17) is 9.47 Å². The van der Waals surface area contributed by atoms with Crippen LogP contribution in [0.15, 0.2) is 24.3 Å². The third kappa shape index (κ3) is 5.73. The molecular formula is C16H25ClN2O3. The van der Waals surface area contributed by atoms with Crippen LogP contribution < -0.4 is 14.8 Å². The molecule has 22 heavy (non-hydrogen) atoms. The molecule has 2 rings (SSSR count). The maximum Gasteiger partial charge on any atom is 0.222 e. The Hall–Kier alpha value is -1.46. The molecule has 1 aliphatic rings. The van der Waals surface area contributed by atoms with Crippen LogP contribution in [0.3, 0.4) is 0 Å². The van der Waals surface area contributed by atoms with Gasteiger partial charge in [-0.15, -0.1) is 12.4 Å². The second-order valence-electron chi connectivity index (χ2n) is 5.32. The van der Waals surface area contributed by atoms with Crippen LogP contribution in [0.4, 0.5) is 0 Å².